The monoisotopic (exact) mass is 286 g/mol. The van der Waals surface area contributed by atoms with Crippen molar-refractivity contribution in [2.75, 3.05) is 19.7 Å². The van der Waals surface area contributed by atoms with Crippen molar-refractivity contribution in [2.45, 2.75) is 33.3 Å². The number of benzene rings is 1. The number of aryl methyl sites for hydroxylation is 2. The van der Waals surface area contributed by atoms with Gasteiger partial charge in [-0.3, -0.25) is 4.79 Å². The zero-order valence-electron chi connectivity index (χ0n) is 12.9. The number of carbonyl (C=O) groups excluding carboxylic acids is 1. The third-order valence-electron chi connectivity index (χ3n) is 4.44. The van der Waals surface area contributed by atoms with Crippen molar-refractivity contribution >= 4 is 16.8 Å². The Labute approximate surface area is 125 Å². The summed E-state index contributed by atoms with van der Waals surface area (Å²) in [4.78, 5) is 17.9. The molecule has 1 N–H and O–H groups in total. The van der Waals surface area contributed by atoms with E-state index in [1.165, 1.54) is 5.56 Å². The van der Waals surface area contributed by atoms with Crippen molar-refractivity contribution in [2.24, 2.45) is 0 Å². The Kier molecular flexibility index (Phi) is 3.72. The molecular weight excluding hydrogens is 264 g/mol. The number of fused-ring (bicyclic) bond motifs is 1. The molecule has 2 aromatic rings. The van der Waals surface area contributed by atoms with Crippen LogP contribution in [0.1, 0.15) is 35.0 Å². The van der Waals surface area contributed by atoms with Gasteiger partial charge in [-0.2, -0.15) is 0 Å². The number of amides is 1. The molecule has 1 aromatic carbocycles. The molecule has 0 aliphatic carbocycles. The molecule has 0 radical (unpaired) electrons. The highest BCUT2D eigenvalue weighted by molar-refractivity contribution is 5.99. The highest BCUT2D eigenvalue weighted by atomic mass is 16.5. The van der Waals surface area contributed by atoms with Crippen LogP contribution in [0.15, 0.2) is 18.2 Å². The van der Waals surface area contributed by atoms with E-state index in [0.717, 1.165) is 28.6 Å². The number of hydrogen-bond acceptors (Lipinski definition) is 2. The molecule has 4 heteroatoms. The van der Waals surface area contributed by atoms with Crippen LogP contribution in [-0.4, -0.2) is 41.6 Å². The van der Waals surface area contributed by atoms with E-state index in [1.54, 1.807) is 0 Å². The van der Waals surface area contributed by atoms with Crippen LogP contribution in [-0.2, 0) is 4.74 Å². The van der Waals surface area contributed by atoms with Gasteiger partial charge >= 0.3 is 0 Å². The van der Waals surface area contributed by atoms with E-state index < -0.39 is 0 Å². The van der Waals surface area contributed by atoms with E-state index in [4.69, 9.17) is 4.74 Å². The van der Waals surface area contributed by atoms with Gasteiger partial charge in [0, 0.05) is 35.2 Å². The summed E-state index contributed by atoms with van der Waals surface area (Å²) in [6.07, 6.45) is 1.11. The first-order chi connectivity index (χ1) is 10.1. The van der Waals surface area contributed by atoms with Crippen LogP contribution in [0.2, 0.25) is 0 Å². The Morgan fingerprint density at radius 3 is 3.00 bits per heavy atom. The Morgan fingerprint density at radius 2 is 2.24 bits per heavy atom. The molecule has 2 heterocycles. The Hall–Kier alpha value is -1.81. The first-order valence-electron chi connectivity index (χ1n) is 7.60. The van der Waals surface area contributed by atoms with Gasteiger partial charge in [-0.05, 0) is 44.0 Å². The lowest BCUT2D eigenvalue weighted by Gasteiger charge is -2.32. The molecule has 1 saturated heterocycles. The number of H-pyrrole nitrogens is 1. The maximum absolute atomic E-state index is 12.7. The molecule has 1 aliphatic rings. The normalized spacial score (nSPS) is 19.2. The van der Waals surface area contributed by atoms with Gasteiger partial charge in [-0.25, -0.2) is 0 Å². The highest BCUT2D eigenvalue weighted by Crippen LogP contribution is 2.23. The standard InChI is InChI=1S/C17H22N2O2/c1-4-14-10-19(7-8-21-14)17(20)13-5-6-16-15(9-13)11(2)12(3)18-16/h5-6,9,14,18H,4,7-8,10H2,1-3H3. The van der Waals surface area contributed by atoms with Crippen LogP contribution < -0.4 is 0 Å². The molecule has 1 atom stereocenters. The van der Waals surface area contributed by atoms with Gasteiger partial charge in [-0.15, -0.1) is 0 Å². The van der Waals surface area contributed by atoms with E-state index in [1.807, 2.05) is 23.1 Å². The fourth-order valence-electron chi connectivity index (χ4n) is 2.93. The number of aromatic amines is 1. The van der Waals surface area contributed by atoms with Crippen LogP contribution in [0, 0.1) is 13.8 Å². The first kappa shape index (κ1) is 14.1. The highest BCUT2D eigenvalue weighted by Gasteiger charge is 2.24. The van der Waals surface area contributed by atoms with Crippen molar-refractivity contribution in [3.05, 3.63) is 35.0 Å². The molecule has 3 rings (SSSR count). The summed E-state index contributed by atoms with van der Waals surface area (Å²) in [5.74, 6) is 0.108. The summed E-state index contributed by atoms with van der Waals surface area (Å²) >= 11 is 0. The summed E-state index contributed by atoms with van der Waals surface area (Å²) in [5.41, 5.74) is 4.23. The number of hydrogen-bond donors (Lipinski definition) is 1. The number of nitrogens with zero attached hydrogens (tertiary/aromatic N) is 1. The first-order valence-corrected chi connectivity index (χ1v) is 7.60. The maximum atomic E-state index is 12.7. The van der Waals surface area contributed by atoms with Crippen LogP contribution in [0.5, 0.6) is 0 Å². The van der Waals surface area contributed by atoms with Gasteiger partial charge in [0.1, 0.15) is 0 Å². The molecule has 1 aromatic heterocycles. The van der Waals surface area contributed by atoms with Gasteiger partial charge in [0.15, 0.2) is 0 Å². The fraction of sp³-hybridized carbons (Fsp3) is 0.471. The lowest BCUT2D eigenvalue weighted by molar-refractivity contribution is -0.0226. The smallest absolute Gasteiger partial charge is 0.254 e. The molecule has 112 valence electrons. The Bertz CT molecular complexity index is 675. The number of carbonyl (C=O) groups is 1. The second kappa shape index (κ2) is 5.53. The van der Waals surface area contributed by atoms with E-state index in [-0.39, 0.29) is 12.0 Å². The summed E-state index contributed by atoms with van der Waals surface area (Å²) in [6.45, 7) is 8.25. The lowest BCUT2D eigenvalue weighted by atomic mass is 10.1. The fourth-order valence-corrected chi connectivity index (χ4v) is 2.93. The summed E-state index contributed by atoms with van der Waals surface area (Å²) in [5, 5.41) is 1.14. The van der Waals surface area contributed by atoms with Crippen LogP contribution >= 0.6 is 0 Å². The van der Waals surface area contributed by atoms with E-state index in [2.05, 4.69) is 25.8 Å². The van der Waals surface area contributed by atoms with Crippen LogP contribution in [0.4, 0.5) is 0 Å². The van der Waals surface area contributed by atoms with Gasteiger partial charge in [0.2, 0.25) is 0 Å². The van der Waals surface area contributed by atoms with Gasteiger partial charge in [-0.1, -0.05) is 6.92 Å². The third kappa shape index (κ3) is 2.56. The zero-order chi connectivity index (χ0) is 15.0. The molecule has 1 unspecified atom stereocenters. The topological polar surface area (TPSA) is 45.3 Å². The number of nitrogens with one attached hydrogen (secondary N) is 1. The zero-order valence-corrected chi connectivity index (χ0v) is 12.9. The molecule has 21 heavy (non-hydrogen) atoms. The number of rotatable bonds is 2. The van der Waals surface area contributed by atoms with Crippen molar-refractivity contribution in [1.82, 2.24) is 9.88 Å². The van der Waals surface area contributed by atoms with E-state index in [9.17, 15) is 4.79 Å². The second-order valence-corrected chi connectivity index (χ2v) is 5.79. The largest absolute Gasteiger partial charge is 0.375 e. The lowest BCUT2D eigenvalue weighted by Crippen LogP contribution is -2.45. The molecule has 1 fully saturated rings. The Balaban J connectivity index is 1.89. The van der Waals surface area contributed by atoms with Crippen LogP contribution in [0.25, 0.3) is 10.9 Å². The average Bonchev–Trinajstić information content (AvgIpc) is 2.81. The minimum absolute atomic E-state index is 0.108. The SMILES string of the molecule is CCC1CN(C(=O)c2ccc3[nH]c(C)c(C)c3c2)CCO1. The van der Waals surface area contributed by atoms with Gasteiger partial charge in [0.05, 0.1) is 12.7 Å². The van der Waals surface area contributed by atoms with Gasteiger partial charge < -0.3 is 14.6 Å². The Morgan fingerprint density at radius 1 is 1.43 bits per heavy atom. The van der Waals surface area contributed by atoms with Crippen LogP contribution in [0.3, 0.4) is 0 Å². The van der Waals surface area contributed by atoms with E-state index >= 15 is 0 Å². The molecule has 0 spiro atoms. The number of aromatic nitrogens is 1. The minimum atomic E-state index is 0.108. The predicted octanol–water partition coefficient (Wildman–Crippen LogP) is 3.04. The second-order valence-electron chi connectivity index (χ2n) is 5.79. The molecular formula is C17H22N2O2. The molecule has 0 bridgehead atoms. The quantitative estimate of drug-likeness (QED) is 0.922. The third-order valence-corrected chi connectivity index (χ3v) is 4.44. The molecule has 4 nitrogen and oxygen atoms in total. The molecule has 1 amide bonds. The van der Waals surface area contributed by atoms with Crippen molar-refractivity contribution < 1.29 is 9.53 Å². The summed E-state index contributed by atoms with van der Waals surface area (Å²) in [6, 6.07) is 5.92. The van der Waals surface area contributed by atoms with Crippen molar-refractivity contribution in [1.29, 1.82) is 0 Å². The maximum Gasteiger partial charge on any atom is 0.254 e. The molecule has 0 saturated carbocycles. The average molecular weight is 286 g/mol. The van der Waals surface area contributed by atoms with Gasteiger partial charge in [0.25, 0.3) is 5.91 Å². The summed E-state index contributed by atoms with van der Waals surface area (Å²) < 4.78 is 5.64. The van der Waals surface area contributed by atoms with Crippen molar-refractivity contribution in [3.8, 4) is 0 Å². The van der Waals surface area contributed by atoms with Crippen molar-refractivity contribution in [3.63, 3.8) is 0 Å². The molecule has 1 aliphatic heterocycles. The number of ether oxygens (including phenoxy) is 1. The van der Waals surface area contributed by atoms with E-state index in [0.29, 0.717) is 19.7 Å². The summed E-state index contributed by atoms with van der Waals surface area (Å²) in [7, 11) is 0. The minimum Gasteiger partial charge on any atom is -0.375 e. The number of morpholine rings is 1. The predicted molar refractivity (Wildman–Crippen MR) is 83.7 cm³/mol.